The zero-order valence-corrected chi connectivity index (χ0v) is 22.8. The molecule has 0 radical (unpaired) electrons. The maximum Gasteiger partial charge on any atom is 0.271 e. The molecule has 0 aromatic heterocycles. The van der Waals surface area contributed by atoms with Gasteiger partial charge in [-0.1, -0.05) is 24.8 Å². The van der Waals surface area contributed by atoms with Gasteiger partial charge in [0, 0.05) is 5.56 Å². The zero-order chi connectivity index (χ0) is 26.6. The first-order valence-electron chi connectivity index (χ1n) is 11.6. The Kier molecular flexibility index (Phi) is 10.8. The van der Waals surface area contributed by atoms with Gasteiger partial charge in [0.25, 0.3) is 5.91 Å². The number of carbonyl (C=O) groups excluding carboxylic acids is 1. The lowest BCUT2D eigenvalue weighted by Gasteiger charge is -2.15. The summed E-state index contributed by atoms with van der Waals surface area (Å²) in [5, 5.41) is 4.09. The van der Waals surface area contributed by atoms with Crippen molar-refractivity contribution in [3.05, 3.63) is 93.3 Å². The van der Waals surface area contributed by atoms with Crippen LogP contribution in [0.4, 0.5) is 4.39 Å². The monoisotopic (exact) mass is 618 g/mol. The number of carbonyl (C=O) groups is 1. The maximum atomic E-state index is 13.2. The smallest absolute Gasteiger partial charge is 0.271 e. The molecule has 3 aromatic carbocycles. The Balaban J connectivity index is 1.70. The van der Waals surface area contributed by atoms with Gasteiger partial charge >= 0.3 is 0 Å². The minimum absolute atomic E-state index is 0.265. The van der Waals surface area contributed by atoms with Gasteiger partial charge in [-0.15, -0.1) is 0 Å². The predicted octanol–water partition coefficient (Wildman–Crippen LogP) is 6.14. The molecule has 7 nitrogen and oxygen atoms in total. The molecule has 3 aromatic rings. The molecular weight excluding hydrogens is 590 g/mol. The van der Waals surface area contributed by atoms with Gasteiger partial charge in [0.1, 0.15) is 19.0 Å². The second-order valence-electron chi connectivity index (χ2n) is 7.57. The summed E-state index contributed by atoms with van der Waals surface area (Å²) in [5.41, 5.74) is 4.45. The lowest BCUT2D eigenvalue weighted by Crippen LogP contribution is -2.17. The Morgan fingerprint density at radius 2 is 1.70 bits per heavy atom. The van der Waals surface area contributed by atoms with Crippen LogP contribution in [0.3, 0.4) is 0 Å². The van der Waals surface area contributed by atoms with Crippen molar-refractivity contribution in [3.8, 4) is 23.0 Å². The summed E-state index contributed by atoms with van der Waals surface area (Å²) < 4.78 is 36.9. The van der Waals surface area contributed by atoms with Gasteiger partial charge in [-0.3, -0.25) is 4.79 Å². The Bertz CT molecular complexity index is 1250. The topological polar surface area (TPSA) is 78.4 Å². The second-order valence-corrected chi connectivity index (χ2v) is 8.73. The Labute approximate surface area is 229 Å². The van der Waals surface area contributed by atoms with Crippen LogP contribution >= 0.6 is 22.6 Å². The van der Waals surface area contributed by atoms with Crippen molar-refractivity contribution in [3.63, 3.8) is 0 Å². The molecule has 0 atom stereocenters. The molecule has 0 heterocycles. The molecule has 0 saturated carbocycles. The van der Waals surface area contributed by atoms with Crippen LogP contribution < -0.4 is 24.4 Å². The van der Waals surface area contributed by atoms with Crippen molar-refractivity contribution < 1.29 is 28.1 Å². The number of nitrogens with zero attached hydrogens (tertiary/aromatic N) is 1. The first-order valence-corrected chi connectivity index (χ1v) is 12.7. The van der Waals surface area contributed by atoms with Crippen LogP contribution in [0.1, 0.15) is 35.3 Å². The molecule has 37 heavy (non-hydrogen) atoms. The van der Waals surface area contributed by atoms with E-state index in [1.165, 1.54) is 18.3 Å². The number of ether oxygens (including phenoxy) is 4. The highest BCUT2D eigenvalue weighted by molar-refractivity contribution is 14.1. The third-order valence-corrected chi connectivity index (χ3v) is 5.67. The van der Waals surface area contributed by atoms with Crippen molar-refractivity contribution in [2.45, 2.75) is 20.5 Å². The van der Waals surface area contributed by atoms with E-state index in [1.54, 1.807) is 42.5 Å². The first kappa shape index (κ1) is 28.0. The van der Waals surface area contributed by atoms with Crippen LogP contribution in [0, 0.1) is 9.39 Å². The number of hydrazone groups is 1. The predicted molar refractivity (Wildman–Crippen MR) is 149 cm³/mol. The molecule has 9 heteroatoms. The van der Waals surface area contributed by atoms with E-state index in [-0.39, 0.29) is 12.4 Å². The summed E-state index contributed by atoms with van der Waals surface area (Å²) in [6.45, 7) is 8.82. The first-order chi connectivity index (χ1) is 17.9. The van der Waals surface area contributed by atoms with E-state index in [4.69, 9.17) is 18.9 Å². The summed E-state index contributed by atoms with van der Waals surface area (Å²) in [7, 11) is 0. The number of hydrogen-bond acceptors (Lipinski definition) is 6. The quantitative estimate of drug-likeness (QED) is 0.108. The highest BCUT2D eigenvalue weighted by atomic mass is 127. The summed E-state index contributed by atoms with van der Waals surface area (Å²) in [5.74, 6) is 1.42. The summed E-state index contributed by atoms with van der Waals surface area (Å²) in [6, 6.07) is 14.7. The Hall–Kier alpha value is -3.60. The molecule has 0 bridgehead atoms. The van der Waals surface area contributed by atoms with E-state index < -0.39 is 5.91 Å². The minimum Gasteiger partial charge on any atom is -0.490 e. The number of halogens is 2. The van der Waals surface area contributed by atoms with Crippen LogP contribution in [-0.2, 0) is 6.61 Å². The molecule has 1 N–H and O–H groups in total. The highest BCUT2D eigenvalue weighted by Gasteiger charge is 2.13. The Morgan fingerprint density at radius 3 is 2.41 bits per heavy atom. The van der Waals surface area contributed by atoms with Gasteiger partial charge in [0.15, 0.2) is 23.0 Å². The van der Waals surface area contributed by atoms with Gasteiger partial charge < -0.3 is 18.9 Å². The number of benzene rings is 3. The minimum atomic E-state index is -0.397. The highest BCUT2D eigenvalue weighted by Crippen LogP contribution is 2.34. The van der Waals surface area contributed by atoms with Gasteiger partial charge in [0.2, 0.25) is 0 Å². The van der Waals surface area contributed by atoms with E-state index in [9.17, 15) is 9.18 Å². The van der Waals surface area contributed by atoms with E-state index >= 15 is 0 Å². The molecule has 0 aliphatic heterocycles. The largest absolute Gasteiger partial charge is 0.490 e. The number of amides is 1. The standard InChI is InChI=1S/C28H28FIN2O5/c1-4-13-36-24-12-9-21(16-25(24)34-5-2)28(33)32-31-17-20-14-23(30)27(26(15-20)35-6-3)37-18-19-7-10-22(29)11-8-19/h4,7-12,14-17H,1,5-6,13,18H2,2-3H3,(H,32,33)/b31-17+. The van der Waals surface area contributed by atoms with Crippen molar-refractivity contribution in [2.75, 3.05) is 19.8 Å². The lowest BCUT2D eigenvalue weighted by molar-refractivity contribution is 0.0954. The van der Waals surface area contributed by atoms with Crippen LogP contribution in [-0.4, -0.2) is 31.9 Å². The Morgan fingerprint density at radius 1 is 0.973 bits per heavy atom. The number of nitrogens with one attached hydrogen (secondary N) is 1. The SMILES string of the molecule is C=CCOc1ccc(C(=O)N/N=C/c2cc(I)c(OCc3ccc(F)cc3)c(OCC)c2)cc1OCC. The lowest BCUT2D eigenvalue weighted by atomic mass is 10.2. The molecule has 0 aliphatic carbocycles. The summed E-state index contributed by atoms with van der Waals surface area (Å²) in [6.07, 6.45) is 3.16. The van der Waals surface area contributed by atoms with E-state index in [1.807, 2.05) is 19.9 Å². The molecule has 3 rings (SSSR count). The number of rotatable bonds is 13. The van der Waals surface area contributed by atoms with Crippen LogP contribution in [0.5, 0.6) is 23.0 Å². The van der Waals surface area contributed by atoms with Crippen molar-refractivity contribution in [1.29, 1.82) is 0 Å². The van der Waals surface area contributed by atoms with Crippen molar-refractivity contribution in [1.82, 2.24) is 5.43 Å². The van der Waals surface area contributed by atoms with Gasteiger partial charge in [-0.05, 0) is 90.0 Å². The molecule has 194 valence electrons. The fraction of sp³-hybridized carbons (Fsp3) is 0.214. The van der Waals surface area contributed by atoms with Gasteiger partial charge in [-0.25, -0.2) is 9.82 Å². The average molecular weight is 618 g/mol. The zero-order valence-electron chi connectivity index (χ0n) is 20.6. The molecule has 0 unspecified atom stereocenters. The third kappa shape index (κ3) is 8.21. The fourth-order valence-electron chi connectivity index (χ4n) is 3.22. The number of hydrogen-bond donors (Lipinski definition) is 1. The fourth-order valence-corrected chi connectivity index (χ4v) is 4.00. The average Bonchev–Trinajstić information content (AvgIpc) is 2.88. The molecule has 1 amide bonds. The van der Waals surface area contributed by atoms with Crippen LogP contribution in [0.2, 0.25) is 0 Å². The third-order valence-electron chi connectivity index (χ3n) is 4.87. The van der Waals surface area contributed by atoms with Crippen LogP contribution in [0.15, 0.2) is 72.4 Å². The summed E-state index contributed by atoms with van der Waals surface area (Å²) >= 11 is 2.15. The molecule has 0 fully saturated rings. The van der Waals surface area contributed by atoms with Crippen LogP contribution in [0.25, 0.3) is 0 Å². The second kappa shape index (κ2) is 14.2. The van der Waals surface area contributed by atoms with E-state index in [2.05, 4.69) is 39.7 Å². The normalized spacial score (nSPS) is 10.7. The van der Waals surface area contributed by atoms with Crippen molar-refractivity contribution >= 4 is 34.7 Å². The molecular formula is C28H28FIN2O5. The van der Waals surface area contributed by atoms with Gasteiger partial charge in [-0.2, -0.15) is 5.10 Å². The molecule has 0 spiro atoms. The van der Waals surface area contributed by atoms with E-state index in [0.717, 1.165) is 9.13 Å². The van der Waals surface area contributed by atoms with E-state index in [0.29, 0.717) is 53.9 Å². The molecule has 0 aliphatic rings. The van der Waals surface area contributed by atoms with Crippen molar-refractivity contribution in [2.24, 2.45) is 5.10 Å². The summed E-state index contributed by atoms with van der Waals surface area (Å²) in [4.78, 5) is 12.6. The maximum absolute atomic E-state index is 13.2. The van der Waals surface area contributed by atoms with Gasteiger partial charge in [0.05, 0.1) is 23.0 Å². The molecule has 0 saturated heterocycles.